The molecule has 2 aromatic carbocycles. The summed E-state index contributed by atoms with van der Waals surface area (Å²) in [5.74, 6) is 0.191. The Hall–Kier alpha value is -3.02. The van der Waals surface area contributed by atoms with E-state index in [1.807, 2.05) is 32.0 Å². The first kappa shape index (κ1) is 21.3. The zero-order valence-electron chi connectivity index (χ0n) is 16.7. The number of carboxylic acids is 1. The SMILES string of the molecule is CCC(CC)(C(=O)Nc1ccc(CC(=O)O)cc1)c1ccc(OC)c(OC)c1. The molecule has 0 unspecified atom stereocenters. The average molecular weight is 385 g/mol. The molecule has 0 atom stereocenters. The second-order valence-corrected chi connectivity index (χ2v) is 6.58. The summed E-state index contributed by atoms with van der Waals surface area (Å²) in [6, 6.07) is 12.4. The molecule has 2 aromatic rings. The predicted octanol–water partition coefficient (Wildman–Crippen LogP) is 4.03. The molecule has 1 amide bonds. The Morgan fingerprint density at radius 2 is 1.57 bits per heavy atom. The topological polar surface area (TPSA) is 84.9 Å². The quantitative estimate of drug-likeness (QED) is 0.681. The first-order valence-corrected chi connectivity index (χ1v) is 9.24. The highest BCUT2D eigenvalue weighted by molar-refractivity contribution is 5.99. The third kappa shape index (κ3) is 4.44. The van der Waals surface area contributed by atoms with Crippen LogP contribution in [0.4, 0.5) is 5.69 Å². The molecule has 150 valence electrons. The van der Waals surface area contributed by atoms with Crippen LogP contribution in [0.1, 0.15) is 37.8 Å². The van der Waals surface area contributed by atoms with Crippen LogP contribution in [0.15, 0.2) is 42.5 Å². The number of ether oxygens (including phenoxy) is 2. The molecule has 2 N–H and O–H groups in total. The lowest BCUT2D eigenvalue weighted by Crippen LogP contribution is -2.39. The monoisotopic (exact) mass is 385 g/mol. The van der Waals surface area contributed by atoms with Crippen molar-refractivity contribution >= 4 is 17.6 Å². The van der Waals surface area contributed by atoms with Crippen molar-refractivity contribution in [3.8, 4) is 11.5 Å². The van der Waals surface area contributed by atoms with Gasteiger partial charge in [-0.3, -0.25) is 9.59 Å². The highest BCUT2D eigenvalue weighted by Gasteiger charge is 2.37. The lowest BCUT2D eigenvalue weighted by Gasteiger charge is -2.31. The summed E-state index contributed by atoms with van der Waals surface area (Å²) in [6.45, 7) is 3.96. The van der Waals surface area contributed by atoms with E-state index in [0.717, 1.165) is 5.56 Å². The van der Waals surface area contributed by atoms with Crippen molar-refractivity contribution in [1.82, 2.24) is 0 Å². The lowest BCUT2D eigenvalue weighted by atomic mass is 9.74. The summed E-state index contributed by atoms with van der Waals surface area (Å²) in [4.78, 5) is 24.0. The van der Waals surface area contributed by atoms with E-state index in [-0.39, 0.29) is 12.3 Å². The fourth-order valence-corrected chi connectivity index (χ4v) is 3.38. The zero-order chi connectivity index (χ0) is 20.7. The maximum Gasteiger partial charge on any atom is 0.307 e. The van der Waals surface area contributed by atoms with Crippen molar-refractivity contribution in [3.05, 3.63) is 53.6 Å². The van der Waals surface area contributed by atoms with E-state index in [1.54, 1.807) is 38.5 Å². The van der Waals surface area contributed by atoms with Crippen LogP contribution in [0.2, 0.25) is 0 Å². The molecule has 28 heavy (non-hydrogen) atoms. The lowest BCUT2D eigenvalue weighted by molar-refractivity contribution is -0.136. The van der Waals surface area contributed by atoms with Crippen molar-refractivity contribution in [1.29, 1.82) is 0 Å². The number of hydrogen-bond acceptors (Lipinski definition) is 4. The Balaban J connectivity index is 2.31. The Kier molecular flexibility index (Phi) is 7.04. The van der Waals surface area contributed by atoms with Gasteiger partial charge >= 0.3 is 5.97 Å². The molecule has 0 fully saturated rings. The molecule has 0 radical (unpaired) electrons. The molecule has 0 saturated carbocycles. The van der Waals surface area contributed by atoms with E-state index in [0.29, 0.717) is 35.6 Å². The number of carboxylic acid groups (broad SMARTS) is 1. The number of rotatable bonds is 9. The molecular formula is C22H27NO5. The van der Waals surface area contributed by atoms with Crippen molar-refractivity contribution < 1.29 is 24.2 Å². The number of nitrogens with one attached hydrogen (secondary N) is 1. The van der Waals surface area contributed by atoms with Crippen LogP contribution in [-0.4, -0.2) is 31.2 Å². The molecule has 0 heterocycles. The number of carbonyl (C=O) groups excluding carboxylic acids is 1. The van der Waals surface area contributed by atoms with Gasteiger partial charge in [0.15, 0.2) is 11.5 Å². The number of hydrogen-bond donors (Lipinski definition) is 2. The maximum atomic E-state index is 13.2. The maximum absolute atomic E-state index is 13.2. The highest BCUT2D eigenvalue weighted by Crippen LogP contribution is 2.38. The molecular weight excluding hydrogens is 358 g/mol. The van der Waals surface area contributed by atoms with Crippen LogP contribution >= 0.6 is 0 Å². The summed E-state index contributed by atoms with van der Waals surface area (Å²) in [7, 11) is 3.14. The summed E-state index contributed by atoms with van der Waals surface area (Å²) in [6.07, 6.45) is 1.18. The Labute approximate surface area is 165 Å². The van der Waals surface area contributed by atoms with Crippen molar-refractivity contribution in [2.75, 3.05) is 19.5 Å². The van der Waals surface area contributed by atoms with Crippen LogP contribution in [-0.2, 0) is 21.4 Å². The number of benzene rings is 2. The minimum absolute atomic E-state index is 0.0479. The van der Waals surface area contributed by atoms with E-state index in [9.17, 15) is 9.59 Å². The molecule has 6 nitrogen and oxygen atoms in total. The second-order valence-electron chi connectivity index (χ2n) is 6.58. The van der Waals surface area contributed by atoms with Crippen LogP contribution < -0.4 is 14.8 Å². The van der Waals surface area contributed by atoms with Gasteiger partial charge in [-0.05, 0) is 48.2 Å². The van der Waals surface area contributed by atoms with E-state index < -0.39 is 11.4 Å². The van der Waals surface area contributed by atoms with Gasteiger partial charge in [0.1, 0.15) is 0 Å². The number of carbonyl (C=O) groups is 2. The van der Waals surface area contributed by atoms with Crippen molar-refractivity contribution in [2.45, 2.75) is 38.5 Å². The minimum Gasteiger partial charge on any atom is -0.493 e. The fourth-order valence-electron chi connectivity index (χ4n) is 3.38. The Morgan fingerprint density at radius 1 is 0.964 bits per heavy atom. The standard InChI is InChI=1S/C22H27NO5/c1-5-22(6-2,16-9-12-18(27-3)19(14-16)28-4)21(26)23-17-10-7-15(8-11-17)13-20(24)25/h7-12,14H,5-6,13H2,1-4H3,(H,23,26)(H,24,25). The number of aliphatic carboxylic acids is 1. The summed E-state index contributed by atoms with van der Waals surface area (Å²) >= 11 is 0. The van der Waals surface area contributed by atoms with E-state index >= 15 is 0 Å². The van der Waals surface area contributed by atoms with Gasteiger partial charge in [0.2, 0.25) is 5.91 Å². The molecule has 2 rings (SSSR count). The third-order valence-electron chi connectivity index (χ3n) is 5.15. The number of amides is 1. The van der Waals surface area contributed by atoms with Crippen LogP contribution in [0.5, 0.6) is 11.5 Å². The minimum atomic E-state index is -0.888. The zero-order valence-corrected chi connectivity index (χ0v) is 16.7. The van der Waals surface area contributed by atoms with Gasteiger partial charge in [0.25, 0.3) is 0 Å². The van der Waals surface area contributed by atoms with E-state index in [1.165, 1.54) is 0 Å². The summed E-state index contributed by atoms with van der Waals surface area (Å²) in [5.41, 5.74) is 1.45. The Bertz CT molecular complexity index is 825. The van der Waals surface area contributed by atoms with Gasteiger partial charge in [0.05, 0.1) is 26.1 Å². The van der Waals surface area contributed by atoms with E-state index in [2.05, 4.69) is 5.32 Å². The van der Waals surface area contributed by atoms with Crippen LogP contribution in [0, 0.1) is 0 Å². The predicted molar refractivity (Wildman–Crippen MR) is 108 cm³/mol. The van der Waals surface area contributed by atoms with Gasteiger partial charge in [-0.25, -0.2) is 0 Å². The van der Waals surface area contributed by atoms with Gasteiger partial charge in [-0.1, -0.05) is 32.0 Å². The molecule has 6 heteroatoms. The van der Waals surface area contributed by atoms with Crippen LogP contribution in [0.3, 0.4) is 0 Å². The molecule has 0 aliphatic carbocycles. The second kappa shape index (κ2) is 9.26. The normalized spacial score (nSPS) is 11.0. The first-order chi connectivity index (χ1) is 13.4. The van der Waals surface area contributed by atoms with Gasteiger partial charge in [0, 0.05) is 5.69 Å². The molecule has 0 aliphatic rings. The largest absolute Gasteiger partial charge is 0.493 e. The molecule has 0 aliphatic heterocycles. The molecule has 0 spiro atoms. The highest BCUT2D eigenvalue weighted by atomic mass is 16.5. The molecule has 0 bridgehead atoms. The number of anilines is 1. The van der Waals surface area contributed by atoms with Gasteiger partial charge in [-0.15, -0.1) is 0 Å². The van der Waals surface area contributed by atoms with Crippen LogP contribution in [0.25, 0.3) is 0 Å². The summed E-state index contributed by atoms with van der Waals surface area (Å²) in [5, 5.41) is 11.8. The van der Waals surface area contributed by atoms with Crippen molar-refractivity contribution in [2.24, 2.45) is 0 Å². The molecule has 0 aromatic heterocycles. The van der Waals surface area contributed by atoms with Gasteiger partial charge in [-0.2, -0.15) is 0 Å². The number of methoxy groups -OCH3 is 2. The summed E-state index contributed by atoms with van der Waals surface area (Å²) < 4.78 is 10.7. The van der Waals surface area contributed by atoms with E-state index in [4.69, 9.17) is 14.6 Å². The smallest absolute Gasteiger partial charge is 0.307 e. The average Bonchev–Trinajstić information content (AvgIpc) is 2.70. The molecule has 0 saturated heterocycles. The fraction of sp³-hybridized carbons (Fsp3) is 0.364. The Morgan fingerprint density at radius 3 is 2.07 bits per heavy atom. The van der Waals surface area contributed by atoms with Crippen molar-refractivity contribution in [3.63, 3.8) is 0 Å². The third-order valence-corrected chi connectivity index (χ3v) is 5.15. The van der Waals surface area contributed by atoms with Gasteiger partial charge < -0.3 is 19.9 Å². The first-order valence-electron chi connectivity index (χ1n) is 9.24.